The number of rotatable bonds is 12. The van der Waals surface area contributed by atoms with Crippen LogP contribution in [0, 0.1) is 5.41 Å². The second kappa shape index (κ2) is 11.5. The summed E-state index contributed by atoms with van der Waals surface area (Å²) in [5, 5.41) is 29.0. The summed E-state index contributed by atoms with van der Waals surface area (Å²) in [6.45, 7) is 3.46. The van der Waals surface area contributed by atoms with Crippen LogP contribution >= 0.6 is 34.9 Å². The summed E-state index contributed by atoms with van der Waals surface area (Å²) in [6.07, 6.45) is 2.38. The number of amides is 2. The van der Waals surface area contributed by atoms with E-state index in [0.717, 1.165) is 17.6 Å². The first-order valence-corrected chi connectivity index (χ1v) is 15.8. The Bertz CT molecular complexity index is 1430. The standard InChI is InChI=1S/C19H23N9O7S4/c1-4-5-35-23-11(10-6-36-17(20-10)24-39(3,33)34)13(29)21-12-14(30)28-7-19(16(31)32,8-37-15(12)28)9-38-18-22-25-26-27(18)2/h4,6,12,15H,1,5,7-9H2,2-3H3,(H,20,24)(H,21,29)(H,31,32)/t12?,15-,19?/m1/s1. The SMILES string of the molecule is C=CCON=C(C(=O)NC1C(=O)N2CC(CSc3nnnn3C)(C(=O)O)CS[C@H]12)c1csc(NS(C)(=O)=O)n1. The van der Waals surface area contributed by atoms with Crippen LogP contribution in [0.1, 0.15) is 5.69 Å². The van der Waals surface area contributed by atoms with Gasteiger partial charge in [0, 0.05) is 30.5 Å². The Hall–Kier alpha value is -3.23. The lowest BCUT2D eigenvalue weighted by molar-refractivity contribution is -0.157. The van der Waals surface area contributed by atoms with Gasteiger partial charge in [-0.05, 0) is 10.4 Å². The number of aromatic nitrogens is 5. The molecule has 0 aliphatic carbocycles. The van der Waals surface area contributed by atoms with Crippen LogP contribution in [0.2, 0.25) is 0 Å². The number of aryl methyl sites for hydroxylation is 1. The number of nitrogens with zero attached hydrogens (tertiary/aromatic N) is 7. The maximum Gasteiger partial charge on any atom is 0.313 e. The summed E-state index contributed by atoms with van der Waals surface area (Å²) in [6, 6.07) is -0.929. The summed E-state index contributed by atoms with van der Waals surface area (Å²) in [5.41, 5.74) is -1.47. The molecule has 0 spiro atoms. The Morgan fingerprint density at radius 1 is 1.46 bits per heavy atom. The monoisotopic (exact) mass is 617 g/mol. The van der Waals surface area contributed by atoms with Crippen molar-refractivity contribution in [2.24, 2.45) is 17.6 Å². The van der Waals surface area contributed by atoms with Crippen LogP contribution in [0.4, 0.5) is 5.13 Å². The quantitative estimate of drug-likeness (QED) is 0.0666. The molecule has 20 heteroatoms. The van der Waals surface area contributed by atoms with Crippen molar-refractivity contribution < 1.29 is 32.7 Å². The summed E-state index contributed by atoms with van der Waals surface area (Å²) in [7, 11) is -1.95. The number of hydrogen-bond donors (Lipinski definition) is 3. The van der Waals surface area contributed by atoms with Crippen molar-refractivity contribution in [2.45, 2.75) is 16.6 Å². The van der Waals surface area contributed by atoms with Crippen molar-refractivity contribution in [3.05, 3.63) is 23.7 Å². The Morgan fingerprint density at radius 2 is 2.23 bits per heavy atom. The van der Waals surface area contributed by atoms with Gasteiger partial charge in [-0.15, -0.1) is 28.2 Å². The molecule has 2 amide bonds. The number of nitrogens with one attached hydrogen (secondary N) is 2. The molecule has 2 unspecified atom stereocenters. The topological polar surface area (TPSA) is 211 Å². The number of thiazole rings is 1. The van der Waals surface area contributed by atoms with Gasteiger partial charge in [0.05, 0.1) is 6.26 Å². The third kappa shape index (κ3) is 6.34. The fourth-order valence-electron chi connectivity index (χ4n) is 3.61. The van der Waals surface area contributed by atoms with E-state index in [0.29, 0.717) is 5.16 Å². The number of oxime groups is 1. The summed E-state index contributed by atoms with van der Waals surface area (Å²) < 4.78 is 26.7. The molecule has 16 nitrogen and oxygen atoms in total. The first-order valence-electron chi connectivity index (χ1n) is 11.0. The molecular formula is C19H23N9O7S4. The third-order valence-corrected chi connectivity index (χ3v) is 9.87. The lowest BCUT2D eigenvalue weighted by Crippen LogP contribution is -2.74. The van der Waals surface area contributed by atoms with E-state index in [-0.39, 0.29) is 41.2 Å². The number of carboxylic acids is 1. The number of carbonyl (C=O) groups excluding carboxylic acids is 2. The number of carbonyl (C=O) groups is 3. The van der Waals surface area contributed by atoms with Gasteiger partial charge in [0.15, 0.2) is 10.8 Å². The number of fused-ring (bicyclic) bond motifs is 1. The highest BCUT2D eigenvalue weighted by atomic mass is 32.2. The van der Waals surface area contributed by atoms with Crippen LogP contribution in [0.5, 0.6) is 0 Å². The lowest BCUT2D eigenvalue weighted by atomic mass is 9.89. The normalized spacial score (nSPS) is 23.0. The predicted molar refractivity (Wildman–Crippen MR) is 143 cm³/mol. The zero-order chi connectivity index (χ0) is 28.4. The molecule has 39 heavy (non-hydrogen) atoms. The van der Waals surface area contributed by atoms with Gasteiger partial charge in [0.2, 0.25) is 21.1 Å². The van der Waals surface area contributed by atoms with E-state index < -0.39 is 44.6 Å². The summed E-state index contributed by atoms with van der Waals surface area (Å²) >= 11 is 3.37. The zero-order valence-electron chi connectivity index (χ0n) is 20.5. The number of tetrazole rings is 1. The van der Waals surface area contributed by atoms with Gasteiger partial charge in [-0.25, -0.2) is 18.1 Å². The lowest BCUT2D eigenvalue weighted by Gasteiger charge is -2.53. The molecular weight excluding hydrogens is 595 g/mol. The van der Waals surface area contributed by atoms with Crippen LogP contribution in [-0.2, 0) is 36.3 Å². The van der Waals surface area contributed by atoms with E-state index in [1.807, 2.05) is 0 Å². The van der Waals surface area contributed by atoms with E-state index in [1.54, 1.807) is 7.05 Å². The van der Waals surface area contributed by atoms with Crippen molar-refractivity contribution in [3.8, 4) is 0 Å². The summed E-state index contributed by atoms with van der Waals surface area (Å²) in [5.74, 6) is -1.93. The molecule has 2 fully saturated rings. The van der Waals surface area contributed by atoms with Crippen molar-refractivity contribution in [1.29, 1.82) is 0 Å². The Kier molecular flexibility index (Phi) is 8.47. The maximum absolute atomic E-state index is 13.1. The zero-order valence-corrected chi connectivity index (χ0v) is 23.8. The molecule has 2 aromatic heterocycles. The Morgan fingerprint density at radius 3 is 2.87 bits per heavy atom. The predicted octanol–water partition coefficient (Wildman–Crippen LogP) is -0.792. The van der Waals surface area contributed by atoms with Gasteiger partial charge in [-0.2, -0.15) is 0 Å². The second-order valence-corrected chi connectivity index (χ2v) is 13.2. The van der Waals surface area contributed by atoms with E-state index >= 15 is 0 Å². The van der Waals surface area contributed by atoms with Crippen LogP contribution in [0.3, 0.4) is 0 Å². The van der Waals surface area contributed by atoms with Gasteiger partial charge < -0.3 is 20.2 Å². The highest BCUT2D eigenvalue weighted by molar-refractivity contribution is 8.00. The molecule has 2 aliphatic rings. The summed E-state index contributed by atoms with van der Waals surface area (Å²) in [4.78, 5) is 48.9. The molecule has 4 heterocycles. The minimum atomic E-state index is -3.59. The second-order valence-electron chi connectivity index (χ2n) is 8.51. The van der Waals surface area contributed by atoms with E-state index in [1.165, 1.54) is 44.6 Å². The van der Waals surface area contributed by atoms with Gasteiger partial charge >= 0.3 is 5.97 Å². The highest BCUT2D eigenvalue weighted by Crippen LogP contribution is 2.44. The maximum atomic E-state index is 13.1. The molecule has 0 aromatic carbocycles. The van der Waals surface area contributed by atoms with Gasteiger partial charge in [0.25, 0.3) is 5.91 Å². The molecule has 0 saturated carbocycles. The molecule has 0 radical (unpaired) electrons. The first kappa shape index (κ1) is 28.8. The van der Waals surface area contributed by atoms with Crippen LogP contribution in [0.15, 0.2) is 28.3 Å². The van der Waals surface area contributed by atoms with E-state index in [4.69, 9.17) is 4.84 Å². The van der Waals surface area contributed by atoms with Crippen molar-refractivity contribution >= 4 is 73.5 Å². The fourth-order valence-corrected chi connectivity index (χ4v) is 7.87. The minimum absolute atomic E-state index is 0.0103. The molecule has 4 rings (SSSR count). The van der Waals surface area contributed by atoms with Crippen LogP contribution in [0.25, 0.3) is 0 Å². The van der Waals surface area contributed by atoms with Crippen LogP contribution < -0.4 is 10.0 Å². The van der Waals surface area contributed by atoms with Gasteiger partial charge in [-0.1, -0.05) is 29.6 Å². The van der Waals surface area contributed by atoms with Crippen molar-refractivity contribution in [1.82, 2.24) is 35.4 Å². The Balaban J connectivity index is 1.45. The largest absolute Gasteiger partial charge is 0.481 e. The number of β-lactam (4-membered cyclic amide) rings is 1. The minimum Gasteiger partial charge on any atom is -0.481 e. The van der Waals surface area contributed by atoms with Crippen LogP contribution in [-0.4, -0.2) is 109 Å². The number of aliphatic carboxylic acids is 1. The number of thioether (sulfide) groups is 2. The number of hydrogen-bond acceptors (Lipinski definition) is 14. The molecule has 2 aliphatic heterocycles. The molecule has 0 bridgehead atoms. The Labute approximate surface area is 234 Å². The average molecular weight is 618 g/mol. The third-order valence-electron chi connectivity index (χ3n) is 5.53. The van der Waals surface area contributed by atoms with E-state index in [9.17, 15) is 27.9 Å². The van der Waals surface area contributed by atoms with Gasteiger partial charge in [-0.3, -0.25) is 19.1 Å². The van der Waals surface area contributed by atoms with Gasteiger partial charge in [0.1, 0.15) is 29.1 Å². The van der Waals surface area contributed by atoms with Crippen molar-refractivity contribution in [2.75, 3.05) is 35.6 Å². The molecule has 2 saturated heterocycles. The number of carboxylic acid groups (broad SMARTS) is 1. The number of anilines is 1. The molecule has 210 valence electrons. The molecule has 3 atom stereocenters. The molecule has 3 N–H and O–H groups in total. The average Bonchev–Trinajstić information content (AvgIpc) is 3.50. The molecule has 2 aromatic rings. The first-order chi connectivity index (χ1) is 18.4. The highest BCUT2D eigenvalue weighted by Gasteiger charge is 2.57. The smallest absolute Gasteiger partial charge is 0.313 e. The van der Waals surface area contributed by atoms with E-state index in [2.05, 4.69) is 42.3 Å². The fraction of sp³-hybridized carbons (Fsp3) is 0.474. The van der Waals surface area contributed by atoms with Crippen molar-refractivity contribution in [3.63, 3.8) is 0 Å². The number of sulfonamides is 1.